The summed E-state index contributed by atoms with van der Waals surface area (Å²) in [6.45, 7) is 7.05. The number of fused-ring (bicyclic) bond motifs is 1. The van der Waals surface area contributed by atoms with Crippen LogP contribution in [0.25, 0.3) is 10.8 Å². The highest BCUT2D eigenvalue weighted by molar-refractivity contribution is 5.87. The van der Waals surface area contributed by atoms with Crippen LogP contribution in [0.5, 0.6) is 17.2 Å². The van der Waals surface area contributed by atoms with E-state index in [1.807, 2.05) is 44.2 Å². The van der Waals surface area contributed by atoms with Crippen LogP contribution in [0.1, 0.15) is 20.8 Å². The van der Waals surface area contributed by atoms with Gasteiger partial charge in [-0.1, -0.05) is 12.1 Å². The minimum absolute atomic E-state index is 0.171. The molecule has 0 amide bonds. The summed E-state index contributed by atoms with van der Waals surface area (Å²) in [7, 11) is 0. The molecule has 0 saturated carbocycles. The first kappa shape index (κ1) is 16.2. The standard InChI is InChI=1S/C21H23NO2/c1-4-22-18-7-5-17-14-21(8-6-16(17)13-18)24-20-11-9-19(10-12-20)23-15(2)3/h5-15,22H,4H2,1-3H3. The molecule has 0 aromatic heterocycles. The van der Waals surface area contributed by atoms with Gasteiger partial charge in [0.25, 0.3) is 0 Å². The van der Waals surface area contributed by atoms with Gasteiger partial charge in [0.05, 0.1) is 6.10 Å². The van der Waals surface area contributed by atoms with Gasteiger partial charge in [-0.05, 0) is 80.1 Å². The molecule has 0 heterocycles. The van der Waals surface area contributed by atoms with Crippen LogP contribution >= 0.6 is 0 Å². The van der Waals surface area contributed by atoms with Crippen molar-refractivity contribution >= 4 is 16.5 Å². The fraction of sp³-hybridized carbons (Fsp3) is 0.238. The van der Waals surface area contributed by atoms with E-state index in [-0.39, 0.29) is 6.10 Å². The Hall–Kier alpha value is -2.68. The molecule has 0 bridgehead atoms. The first-order valence-electron chi connectivity index (χ1n) is 8.36. The number of hydrogen-bond donors (Lipinski definition) is 1. The quantitative estimate of drug-likeness (QED) is 0.617. The number of ether oxygens (including phenoxy) is 2. The molecule has 3 heteroatoms. The number of benzene rings is 3. The molecule has 0 unspecified atom stereocenters. The van der Waals surface area contributed by atoms with Crippen molar-refractivity contribution in [3.8, 4) is 17.2 Å². The second kappa shape index (κ2) is 7.26. The Morgan fingerprint density at radius 2 is 1.42 bits per heavy atom. The lowest BCUT2D eigenvalue weighted by atomic mass is 10.1. The third-order valence-corrected chi connectivity index (χ3v) is 3.62. The van der Waals surface area contributed by atoms with Crippen molar-refractivity contribution in [2.75, 3.05) is 11.9 Å². The monoisotopic (exact) mass is 321 g/mol. The Balaban J connectivity index is 1.76. The van der Waals surface area contributed by atoms with Crippen molar-refractivity contribution in [2.24, 2.45) is 0 Å². The van der Waals surface area contributed by atoms with Crippen LogP contribution in [-0.4, -0.2) is 12.6 Å². The van der Waals surface area contributed by atoms with Crippen LogP contribution in [-0.2, 0) is 0 Å². The molecule has 24 heavy (non-hydrogen) atoms. The van der Waals surface area contributed by atoms with Crippen LogP contribution in [0.15, 0.2) is 60.7 Å². The second-order valence-corrected chi connectivity index (χ2v) is 5.99. The predicted octanol–water partition coefficient (Wildman–Crippen LogP) is 5.85. The molecule has 3 aromatic rings. The average Bonchev–Trinajstić information content (AvgIpc) is 2.57. The lowest BCUT2D eigenvalue weighted by molar-refractivity contribution is 0.242. The summed E-state index contributed by atoms with van der Waals surface area (Å²) >= 11 is 0. The molecule has 0 aliphatic carbocycles. The molecule has 3 rings (SSSR count). The van der Waals surface area contributed by atoms with Crippen molar-refractivity contribution < 1.29 is 9.47 Å². The molecular formula is C21H23NO2. The summed E-state index contributed by atoms with van der Waals surface area (Å²) < 4.78 is 11.6. The Morgan fingerprint density at radius 1 is 0.792 bits per heavy atom. The van der Waals surface area contributed by atoms with E-state index in [1.165, 1.54) is 5.39 Å². The molecule has 0 spiro atoms. The Kier molecular flexibility index (Phi) is 4.90. The molecule has 0 aliphatic rings. The second-order valence-electron chi connectivity index (χ2n) is 5.99. The first-order chi connectivity index (χ1) is 11.6. The maximum Gasteiger partial charge on any atom is 0.128 e. The molecule has 0 radical (unpaired) electrons. The molecule has 0 aliphatic heterocycles. The van der Waals surface area contributed by atoms with Gasteiger partial charge in [-0.25, -0.2) is 0 Å². The largest absolute Gasteiger partial charge is 0.491 e. The normalized spacial score (nSPS) is 10.8. The van der Waals surface area contributed by atoms with Crippen molar-refractivity contribution in [3.63, 3.8) is 0 Å². The van der Waals surface area contributed by atoms with Gasteiger partial charge in [-0.2, -0.15) is 0 Å². The van der Waals surface area contributed by atoms with E-state index in [9.17, 15) is 0 Å². The highest BCUT2D eigenvalue weighted by Crippen LogP contribution is 2.28. The molecular weight excluding hydrogens is 298 g/mol. The van der Waals surface area contributed by atoms with E-state index in [0.717, 1.165) is 34.9 Å². The molecule has 3 aromatic carbocycles. The number of nitrogens with one attached hydrogen (secondary N) is 1. The minimum Gasteiger partial charge on any atom is -0.491 e. The summed E-state index contributed by atoms with van der Waals surface area (Å²) in [5, 5.41) is 5.69. The Bertz CT molecular complexity index is 810. The van der Waals surface area contributed by atoms with Crippen molar-refractivity contribution in [3.05, 3.63) is 60.7 Å². The van der Waals surface area contributed by atoms with E-state index in [1.54, 1.807) is 0 Å². The molecule has 124 valence electrons. The fourth-order valence-electron chi connectivity index (χ4n) is 2.60. The summed E-state index contributed by atoms with van der Waals surface area (Å²) in [4.78, 5) is 0. The maximum absolute atomic E-state index is 5.95. The van der Waals surface area contributed by atoms with Gasteiger partial charge in [0.1, 0.15) is 17.2 Å². The molecule has 3 nitrogen and oxygen atoms in total. The summed E-state index contributed by atoms with van der Waals surface area (Å²) in [6.07, 6.45) is 0.171. The summed E-state index contributed by atoms with van der Waals surface area (Å²) in [5.74, 6) is 2.48. The lowest BCUT2D eigenvalue weighted by Gasteiger charge is -2.11. The van der Waals surface area contributed by atoms with E-state index >= 15 is 0 Å². The van der Waals surface area contributed by atoms with E-state index in [0.29, 0.717) is 0 Å². The Morgan fingerprint density at radius 3 is 2.12 bits per heavy atom. The third kappa shape index (κ3) is 3.99. The van der Waals surface area contributed by atoms with Gasteiger partial charge in [-0.15, -0.1) is 0 Å². The first-order valence-corrected chi connectivity index (χ1v) is 8.36. The Labute approximate surface area is 143 Å². The van der Waals surface area contributed by atoms with Gasteiger partial charge in [0.2, 0.25) is 0 Å². The van der Waals surface area contributed by atoms with Gasteiger partial charge < -0.3 is 14.8 Å². The van der Waals surface area contributed by atoms with Crippen LogP contribution in [0.3, 0.4) is 0 Å². The highest BCUT2D eigenvalue weighted by Gasteiger charge is 2.02. The topological polar surface area (TPSA) is 30.5 Å². The third-order valence-electron chi connectivity index (χ3n) is 3.62. The van der Waals surface area contributed by atoms with Gasteiger partial charge in [0.15, 0.2) is 0 Å². The minimum atomic E-state index is 0.171. The zero-order valence-electron chi connectivity index (χ0n) is 14.4. The lowest BCUT2D eigenvalue weighted by Crippen LogP contribution is -2.05. The number of anilines is 1. The zero-order valence-corrected chi connectivity index (χ0v) is 14.4. The van der Waals surface area contributed by atoms with Gasteiger partial charge >= 0.3 is 0 Å². The number of rotatable bonds is 6. The molecule has 0 fully saturated rings. The van der Waals surface area contributed by atoms with Crippen molar-refractivity contribution in [2.45, 2.75) is 26.9 Å². The zero-order chi connectivity index (χ0) is 16.9. The smallest absolute Gasteiger partial charge is 0.128 e. The van der Waals surface area contributed by atoms with E-state index in [4.69, 9.17) is 9.47 Å². The van der Waals surface area contributed by atoms with Crippen LogP contribution in [0.2, 0.25) is 0 Å². The average molecular weight is 321 g/mol. The van der Waals surface area contributed by atoms with Gasteiger partial charge in [0, 0.05) is 12.2 Å². The fourth-order valence-corrected chi connectivity index (χ4v) is 2.60. The highest BCUT2D eigenvalue weighted by atomic mass is 16.5. The molecule has 0 saturated heterocycles. The van der Waals surface area contributed by atoms with Crippen LogP contribution < -0.4 is 14.8 Å². The maximum atomic E-state index is 5.95. The van der Waals surface area contributed by atoms with E-state index < -0.39 is 0 Å². The van der Waals surface area contributed by atoms with Crippen LogP contribution in [0.4, 0.5) is 5.69 Å². The number of hydrogen-bond acceptors (Lipinski definition) is 3. The molecule has 0 atom stereocenters. The summed E-state index contributed by atoms with van der Waals surface area (Å²) in [6, 6.07) is 20.2. The van der Waals surface area contributed by atoms with Crippen molar-refractivity contribution in [1.82, 2.24) is 0 Å². The van der Waals surface area contributed by atoms with Gasteiger partial charge in [-0.3, -0.25) is 0 Å². The van der Waals surface area contributed by atoms with E-state index in [2.05, 4.69) is 42.6 Å². The SMILES string of the molecule is CCNc1ccc2cc(Oc3ccc(OC(C)C)cc3)ccc2c1. The summed E-state index contributed by atoms with van der Waals surface area (Å²) in [5.41, 5.74) is 1.14. The predicted molar refractivity (Wildman–Crippen MR) is 100 cm³/mol. The van der Waals surface area contributed by atoms with Crippen LogP contribution in [0, 0.1) is 0 Å². The molecule has 1 N–H and O–H groups in total. The van der Waals surface area contributed by atoms with Crippen molar-refractivity contribution in [1.29, 1.82) is 0 Å².